The van der Waals surface area contributed by atoms with Crippen molar-refractivity contribution in [3.05, 3.63) is 34.3 Å². The molecule has 120 valence electrons. The first-order valence-electron chi connectivity index (χ1n) is 7.07. The summed E-state index contributed by atoms with van der Waals surface area (Å²) in [6.45, 7) is 6.55. The number of ether oxygens (including phenoxy) is 2. The molecule has 0 atom stereocenters. The summed E-state index contributed by atoms with van der Waals surface area (Å²) < 4.78 is 10.0. The molecule has 1 saturated heterocycles. The van der Waals surface area contributed by atoms with Gasteiger partial charge in [0.15, 0.2) is 0 Å². The lowest BCUT2D eigenvalue weighted by Gasteiger charge is -2.40. The van der Waals surface area contributed by atoms with Crippen LogP contribution in [0.3, 0.4) is 0 Å². The molecule has 0 saturated carbocycles. The first-order valence-corrected chi connectivity index (χ1v) is 7.45. The van der Waals surface area contributed by atoms with Gasteiger partial charge in [0.25, 0.3) is 0 Å². The number of rotatable bonds is 2. The molecule has 0 N–H and O–H groups in total. The number of likely N-dealkylation sites (tertiary alicyclic amines) is 1. The summed E-state index contributed by atoms with van der Waals surface area (Å²) in [5.74, 6) is -0.300. The van der Waals surface area contributed by atoms with Gasteiger partial charge in [-0.2, -0.15) is 0 Å². The number of halogens is 1. The molecule has 0 aliphatic carbocycles. The summed E-state index contributed by atoms with van der Waals surface area (Å²) in [6, 6.07) is 5.03. The Morgan fingerprint density at radius 1 is 1.27 bits per heavy atom. The van der Waals surface area contributed by atoms with Crippen LogP contribution in [0.1, 0.15) is 42.6 Å². The predicted molar refractivity (Wildman–Crippen MR) is 83.3 cm³/mol. The minimum atomic E-state index is -0.509. The Labute approximate surface area is 135 Å². The lowest BCUT2D eigenvalue weighted by Crippen LogP contribution is -2.50. The van der Waals surface area contributed by atoms with Gasteiger partial charge in [-0.25, -0.2) is 9.59 Å². The fourth-order valence-corrected chi connectivity index (χ4v) is 2.52. The SMILES string of the molecule is COC(=O)c1ccc(Cl)c(C2CN(C(=O)OC(C)(C)C)C2)c1. The van der Waals surface area contributed by atoms with Crippen molar-refractivity contribution in [1.29, 1.82) is 0 Å². The van der Waals surface area contributed by atoms with Crippen LogP contribution in [0.4, 0.5) is 4.79 Å². The second-order valence-electron chi connectivity index (χ2n) is 6.31. The summed E-state index contributed by atoms with van der Waals surface area (Å²) >= 11 is 6.20. The molecule has 1 aliphatic rings. The van der Waals surface area contributed by atoms with E-state index in [4.69, 9.17) is 21.1 Å². The third-order valence-electron chi connectivity index (χ3n) is 3.39. The van der Waals surface area contributed by atoms with Crippen LogP contribution < -0.4 is 0 Å². The first-order chi connectivity index (χ1) is 10.2. The van der Waals surface area contributed by atoms with Gasteiger partial charge in [0.1, 0.15) is 5.60 Å². The van der Waals surface area contributed by atoms with E-state index in [9.17, 15) is 9.59 Å². The zero-order chi connectivity index (χ0) is 16.5. The first kappa shape index (κ1) is 16.6. The van der Waals surface area contributed by atoms with Crippen LogP contribution in [0.2, 0.25) is 5.02 Å². The maximum absolute atomic E-state index is 11.9. The Morgan fingerprint density at radius 3 is 2.45 bits per heavy atom. The van der Waals surface area contributed by atoms with E-state index in [2.05, 4.69) is 0 Å². The van der Waals surface area contributed by atoms with Crippen molar-refractivity contribution in [3.63, 3.8) is 0 Å². The average molecular weight is 326 g/mol. The van der Waals surface area contributed by atoms with E-state index >= 15 is 0 Å². The second-order valence-corrected chi connectivity index (χ2v) is 6.72. The summed E-state index contributed by atoms with van der Waals surface area (Å²) in [5.41, 5.74) is 0.798. The van der Waals surface area contributed by atoms with Gasteiger partial charge in [-0.05, 0) is 44.5 Å². The van der Waals surface area contributed by atoms with Crippen LogP contribution in [-0.4, -0.2) is 42.8 Å². The van der Waals surface area contributed by atoms with E-state index in [-0.39, 0.29) is 12.0 Å². The maximum atomic E-state index is 11.9. The van der Waals surface area contributed by atoms with Crippen molar-refractivity contribution in [1.82, 2.24) is 4.90 Å². The molecule has 0 radical (unpaired) electrons. The molecule has 6 heteroatoms. The Morgan fingerprint density at radius 2 is 1.91 bits per heavy atom. The molecular formula is C16H20ClNO4. The number of amides is 1. The van der Waals surface area contributed by atoms with Gasteiger partial charge in [0.05, 0.1) is 12.7 Å². The number of hydrogen-bond acceptors (Lipinski definition) is 4. The fourth-order valence-electron chi connectivity index (χ4n) is 2.25. The highest BCUT2D eigenvalue weighted by Crippen LogP contribution is 2.33. The summed E-state index contributed by atoms with van der Waals surface area (Å²) in [5, 5.41) is 0.585. The van der Waals surface area contributed by atoms with Gasteiger partial charge in [-0.1, -0.05) is 11.6 Å². The number of nitrogens with zero attached hydrogens (tertiary/aromatic N) is 1. The highest BCUT2D eigenvalue weighted by molar-refractivity contribution is 6.31. The molecule has 1 aromatic carbocycles. The Kier molecular flexibility index (Phi) is 4.66. The number of benzene rings is 1. The minimum absolute atomic E-state index is 0.102. The highest BCUT2D eigenvalue weighted by Gasteiger charge is 2.35. The van der Waals surface area contributed by atoms with Crippen LogP contribution in [0, 0.1) is 0 Å². The van der Waals surface area contributed by atoms with Crippen LogP contribution in [0.15, 0.2) is 18.2 Å². The molecule has 1 aromatic rings. The molecule has 0 bridgehead atoms. The van der Waals surface area contributed by atoms with Gasteiger partial charge >= 0.3 is 12.1 Å². The Bertz CT molecular complexity index is 588. The number of carbonyl (C=O) groups is 2. The average Bonchev–Trinajstić information content (AvgIpc) is 2.36. The fraction of sp³-hybridized carbons (Fsp3) is 0.500. The standard InChI is InChI=1S/C16H20ClNO4/c1-16(2,3)22-15(20)18-8-11(9-18)12-7-10(14(19)21-4)5-6-13(12)17/h5-7,11H,8-9H2,1-4H3. The van der Waals surface area contributed by atoms with Crippen molar-refractivity contribution >= 4 is 23.7 Å². The predicted octanol–water partition coefficient (Wildman–Crippen LogP) is 3.46. The number of methoxy groups -OCH3 is 1. The third-order valence-corrected chi connectivity index (χ3v) is 3.73. The van der Waals surface area contributed by atoms with Crippen molar-refractivity contribution in [3.8, 4) is 0 Å². The van der Waals surface area contributed by atoms with Crippen molar-refractivity contribution < 1.29 is 19.1 Å². The van der Waals surface area contributed by atoms with Crippen LogP contribution in [0.25, 0.3) is 0 Å². The van der Waals surface area contributed by atoms with Gasteiger partial charge in [-0.15, -0.1) is 0 Å². The minimum Gasteiger partial charge on any atom is -0.465 e. The van der Waals surface area contributed by atoms with Gasteiger partial charge in [-0.3, -0.25) is 0 Å². The molecule has 1 amide bonds. The molecule has 5 nitrogen and oxygen atoms in total. The zero-order valence-corrected chi connectivity index (χ0v) is 13.9. The normalized spacial score (nSPS) is 15.2. The lowest BCUT2D eigenvalue weighted by atomic mass is 9.90. The molecule has 0 aromatic heterocycles. The van der Waals surface area contributed by atoms with Gasteiger partial charge < -0.3 is 14.4 Å². The smallest absolute Gasteiger partial charge is 0.410 e. The molecule has 0 spiro atoms. The Balaban J connectivity index is 2.04. The second kappa shape index (κ2) is 6.16. The Hall–Kier alpha value is -1.75. The summed E-state index contributed by atoms with van der Waals surface area (Å²) in [6.07, 6.45) is -0.330. The molecule has 1 heterocycles. The number of hydrogen-bond donors (Lipinski definition) is 0. The highest BCUT2D eigenvalue weighted by atomic mass is 35.5. The van der Waals surface area contributed by atoms with E-state index in [1.165, 1.54) is 7.11 Å². The van der Waals surface area contributed by atoms with E-state index in [1.54, 1.807) is 23.1 Å². The topological polar surface area (TPSA) is 55.8 Å². The molecular weight excluding hydrogens is 306 g/mol. The van der Waals surface area contributed by atoms with E-state index < -0.39 is 11.6 Å². The summed E-state index contributed by atoms with van der Waals surface area (Å²) in [4.78, 5) is 25.1. The van der Waals surface area contributed by atoms with Gasteiger partial charge in [0.2, 0.25) is 0 Å². The van der Waals surface area contributed by atoms with E-state index in [0.717, 1.165) is 5.56 Å². The number of carbonyl (C=O) groups excluding carboxylic acids is 2. The molecule has 2 rings (SSSR count). The van der Waals surface area contributed by atoms with Crippen LogP contribution >= 0.6 is 11.6 Å². The molecule has 1 aliphatic heterocycles. The van der Waals surface area contributed by atoms with Crippen molar-refractivity contribution in [2.45, 2.75) is 32.3 Å². The lowest BCUT2D eigenvalue weighted by molar-refractivity contribution is 0.00815. The molecule has 22 heavy (non-hydrogen) atoms. The molecule has 1 fully saturated rings. The largest absolute Gasteiger partial charge is 0.465 e. The van der Waals surface area contributed by atoms with Crippen molar-refractivity contribution in [2.24, 2.45) is 0 Å². The zero-order valence-electron chi connectivity index (χ0n) is 13.2. The van der Waals surface area contributed by atoms with E-state index in [0.29, 0.717) is 23.7 Å². The monoisotopic (exact) mass is 325 g/mol. The third kappa shape index (κ3) is 3.71. The quantitative estimate of drug-likeness (QED) is 0.781. The molecule has 0 unspecified atom stereocenters. The van der Waals surface area contributed by atoms with Crippen LogP contribution in [-0.2, 0) is 9.47 Å². The van der Waals surface area contributed by atoms with Gasteiger partial charge in [0, 0.05) is 24.0 Å². The maximum Gasteiger partial charge on any atom is 0.410 e. The number of esters is 1. The summed E-state index contributed by atoms with van der Waals surface area (Å²) in [7, 11) is 1.34. The van der Waals surface area contributed by atoms with Crippen LogP contribution in [0.5, 0.6) is 0 Å². The van der Waals surface area contributed by atoms with Crippen molar-refractivity contribution in [2.75, 3.05) is 20.2 Å². The van der Waals surface area contributed by atoms with E-state index in [1.807, 2.05) is 20.8 Å².